The number of nitrogens with one attached hydrogen (secondary N) is 1. The van der Waals surface area contributed by atoms with E-state index in [4.69, 9.17) is 22.1 Å². The topological polar surface area (TPSA) is 102 Å². The number of nitrogens with two attached hydrogens (primary N) is 1. The molecule has 0 atom stereocenters. The number of benzene rings is 2. The number of urea groups is 1. The molecule has 1 saturated heterocycles. The number of carbonyl (C=O) groups is 3. The fraction of sp³-hybridized carbons (Fsp3) is 0.105. The van der Waals surface area contributed by atoms with Gasteiger partial charge in [0.05, 0.1) is 6.54 Å². The number of ether oxygens (including phenoxy) is 1. The second kappa shape index (κ2) is 7.92. The molecule has 0 saturated carbocycles. The lowest BCUT2D eigenvalue weighted by atomic mass is 10.1. The molecule has 2 aromatic carbocycles. The van der Waals surface area contributed by atoms with Crippen LogP contribution in [0.5, 0.6) is 5.75 Å². The lowest BCUT2D eigenvalue weighted by Gasteiger charge is -2.12. The molecule has 0 bridgehead atoms. The van der Waals surface area contributed by atoms with Gasteiger partial charge in [-0.25, -0.2) is 4.79 Å². The van der Waals surface area contributed by atoms with Crippen molar-refractivity contribution in [2.45, 2.75) is 6.54 Å². The summed E-state index contributed by atoms with van der Waals surface area (Å²) < 4.78 is 5.17. The minimum absolute atomic E-state index is 0.0849. The van der Waals surface area contributed by atoms with Crippen molar-refractivity contribution in [1.82, 2.24) is 10.2 Å². The normalized spacial score (nSPS) is 15.1. The zero-order valence-corrected chi connectivity index (χ0v) is 14.9. The van der Waals surface area contributed by atoms with Crippen molar-refractivity contribution in [3.8, 4) is 5.75 Å². The molecule has 27 heavy (non-hydrogen) atoms. The first kappa shape index (κ1) is 18.5. The molecule has 1 heterocycles. The number of hydrogen-bond donors (Lipinski definition) is 2. The van der Waals surface area contributed by atoms with Crippen LogP contribution in [0, 0.1) is 0 Å². The molecule has 4 amide bonds. The molecule has 0 spiro atoms. The van der Waals surface area contributed by atoms with Crippen LogP contribution in [-0.2, 0) is 16.1 Å². The molecule has 1 aliphatic rings. The average molecular weight is 386 g/mol. The molecule has 0 aliphatic carbocycles. The smallest absolute Gasteiger partial charge is 0.329 e. The summed E-state index contributed by atoms with van der Waals surface area (Å²) in [7, 11) is 0. The van der Waals surface area contributed by atoms with Crippen molar-refractivity contribution in [1.29, 1.82) is 0 Å². The maximum atomic E-state index is 12.5. The third kappa shape index (κ3) is 4.45. The second-order valence-corrected chi connectivity index (χ2v) is 6.20. The van der Waals surface area contributed by atoms with Gasteiger partial charge in [-0.1, -0.05) is 41.9 Å². The van der Waals surface area contributed by atoms with E-state index in [0.29, 0.717) is 21.9 Å². The van der Waals surface area contributed by atoms with Gasteiger partial charge in [0, 0.05) is 5.02 Å². The Morgan fingerprint density at radius 1 is 1.15 bits per heavy atom. The van der Waals surface area contributed by atoms with Crippen LogP contribution in [0.1, 0.15) is 11.1 Å². The van der Waals surface area contributed by atoms with E-state index < -0.39 is 17.8 Å². The molecule has 138 valence electrons. The summed E-state index contributed by atoms with van der Waals surface area (Å²) in [4.78, 5) is 36.5. The number of carbonyl (C=O) groups excluding carboxylic acids is 3. The fourth-order valence-electron chi connectivity index (χ4n) is 2.49. The van der Waals surface area contributed by atoms with Gasteiger partial charge in [0.15, 0.2) is 6.61 Å². The Bertz CT molecular complexity index is 925. The van der Waals surface area contributed by atoms with Gasteiger partial charge in [0.25, 0.3) is 11.8 Å². The standard InChI is InChI=1S/C19H16ClN3O4/c20-15-4-2-1-3-13(15)10-23-18(25)16(22-19(23)26)9-12-5-7-14(8-6-12)27-11-17(21)24/h1-9H,10-11H2,(H2,21,24)(H,22,26)/b16-9-. The highest BCUT2D eigenvalue weighted by Crippen LogP contribution is 2.22. The summed E-state index contributed by atoms with van der Waals surface area (Å²) in [6.45, 7) is -0.131. The summed E-state index contributed by atoms with van der Waals surface area (Å²) in [5.74, 6) is -0.536. The first-order valence-corrected chi connectivity index (χ1v) is 8.41. The van der Waals surface area contributed by atoms with Gasteiger partial charge in [0.1, 0.15) is 11.4 Å². The number of halogens is 1. The highest BCUT2D eigenvalue weighted by molar-refractivity contribution is 6.31. The number of amides is 4. The lowest BCUT2D eigenvalue weighted by molar-refractivity contribution is -0.123. The van der Waals surface area contributed by atoms with E-state index in [1.165, 1.54) is 0 Å². The second-order valence-electron chi connectivity index (χ2n) is 5.79. The first-order chi connectivity index (χ1) is 12.9. The Hall–Kier alpha value is -3.32. The molecule has 0 aromatic heterocycles. The average Bonchev–Trinajstić information content (AvgIpc) is 2.90. The van der Waals surface area contributed by atoms with Gasteiger partial charge < -0.3 is 15.8 Å². The molecule has 3 rings (SSSR count). The quantitative estimate of drug-likeness (QED) is 0.588. The molecular formula is C19H16ClN3O4. The predicted molar refractivity (Wildman–Crippen MR) is 99.6 cm³/mol. The fourth-order valence-corrected chi connectivity index (χ4v) is 2.69. The number of hydrogen-bond acceptors (Lipinski definition) is 4. The van der Waals surface area contributed by atoms with E-state index in [1.807, 2.05) is 0 Å². The van der Waals surface area contributed by atoms with E-state index in [2.05, 4.69) is 5.32 Å². The van der Waals surface area contributed by atoms with Crippen LogP contribution in [-0.4, -0.2) is 29.4 Å². The highest BCUT2D eigenvalue weighted by Gasteiger charge is 2.33. The van der Waals surface area contributed by atoms with E-state index in [0.717, 1.165) is 4.90 Å². The Balaban J connectivity index is 1.72. The highest BCUT2D eigenvalue weighted by atomic mass is 35.5. The van der Waals surface area contributed by atoms with Crippen LogP contribution in [0.3, 0.4) is 0 Å². The summed E-state index contributed by atoms with van der Waals surface area (Å²) >= 11 is 6.10. The molecule has 0 radical (unpaired) electrons. The van der Waals surface area contributed by atoms with Crippen LogP contribution in [0.15, 0.2) is 54.2 Å². The summed E-state index contributed by atoms with van der Waals surface area (Å²) in [6.07, 6.45) is 1.56. The van der Waals surface area contributed by atoms with Crippen molar-refractivity contribution < 1.29 is 19.1 Å². The first-order valence-electron chi connectivity index (χ1n) is 8.03. The molecule has 2 aromatic rings. The van der Waals surface area contributed by atoms with E-state index in [9.17, 15) is 14.4 Å². The summed E-state index contributed by atoms with van der Waals surface area (Å²) in [5, 5.41) is 3.05. The summed E-state index contributed by atoms with van der Waals surface area (Å²) in [5.41, 5.74) is 6.55. The third-order valence-corrected chi connectivity index (χ3v) is 4.19. The number of primary amides is 1. The molecule has 7 nitrogen and oxygen atoms in total. The SMILES string of the molecule is NC(=O)COc1ccc(/C=C2\NC(=O)N(Cc3ccccc3Cl)C2=O)cc1. The van der Waals surface area contributed by atoms with Gasteiger partial charge in [-0.3, -0.25) is 14.5 Å². The van der Waals surface area contributed by atoms with Crippen molar-refractivity contribution in [3.05, 3.63) is 70.4 Å². The largest absolute Gasteiger partial charge is 0.484 e. The number of rotatable bonds is 6. The van der Waals surface area contributed by atoms with Crippen LogP contribution in [0.4, 0.5) is 4.79 Å². The van der Waals surface area contributed by atoms with Crippen molar-refractivity contribution in [3.63, 3.8) is 0 Å². The minimum Gasteiger partial charge on any atom is -0.484 e. The Morgan fingerprint density at radius 2 is 1.85 bits per heavy atom. The van der Waals surface area contributed by atoms with Crippen LogP contribution >= 0.6 is 11.6 Å². The van der Waals surface area contributed by atoms with Crippen LogP contribution in [0.25, 0.3) is 6.08 Å². The van der Waals surface area contributed by atoms with Crippen LogP contribution < -0.4 is 15.8 Å². The molecule has 1 aliphatic heterocycles. The van der Waals surface area contributed by atoms with Gasteiger partial charge in [-0.15, -0.1) is 0 Å². The monoisotopic (exact) mass is 385 g/mol. The minimum atomic E-state index is -0.570. The van der Waals surface area contributed by atoms with Crippen molar-refractivity contribution >= 4 is 35.5 Å². The van der Waals surface area contributed by atoms with E-state index in [1.54, 1.807) is 54.6 Å². The van der Waals surface area contributed by atoms with E-state index in [-0.39, 0.29) is 18.8 Å². The third-order valence-electron chi connectivity index (χ3n) is 3.82. The Labute approximate surface area is 160 Å². The zero-order valence-electron chi connectivity index (χ0n) is 14.1. The summed E-state index contributed by atoms with van der Waals surface area (Å²) in [6, 6.07) is 13.2. The van der Waals surface area contributed by atoms with Gasteiger partial charge in [-0.2, -0.15) is 0 Å². The van der Waals surface area contributed by atoms with Gasteiger partial charge in [-0.05, 0) is 35.4 Å². The number of imide groups is 1. The lowest BCUT2D eigenvalue weighted by Crippen LogP contribution is -2.30. The molecule has 1 fully saturated rings. The molecule has 3 N–H and O–H groups in total. The maximum absolute atomic E-state index is 12.5. The Kier molecular flexibility index (Phi) is 5.42. The molecule has 0 unspecified atom stereocenters. The molecular weight excluding hydrogens is 370 g/mol. The van der Waals surface area contributed by atoms with E-state index >= 15 is 0 Å². The van der Waals surface area contributed by atoms with Crippen molar-refractivity contribution in [2.75, 3.05) is 6.61 Å². The zero-order chi connectivity index (χ0) is 19.4. The Morgan fingerprint density at radius 3 is 2.52 bits per heavy atom. The molecule has 8 heteroatoms. The predicted octanol–water partition coefficient (Wildman–Crippen LogP) is 2.30. The van der Waals surface area contributed by atoms with Crippen molar-refractivity contribution in [2.24, 2.45) is 5.73 Å². The van der Waals surface area contributed by atoms with Crippen LogP contribution in [0.2, 0.25) is 5.02 Å². The maximum Gasteiger partial charge on any atom is 0.329 e. The van der Waals surface area contributed by atoms with Gasteiger partial charge in [0.2, 0.25) is 0 Å². The van der Waals surface area contributed by atoms with Gasteiger partial charge >= 0.3 is 6.03 Å². The number of nitrogens with zero attached hydrogens (tertiary/aromatic N) is 1.